The van der Waals surface area contributed by atoms with Gasteiger partial charge in [-0.1, -0.05) is 6.42 Å². The second kappa shape index (κ2) is 6.23. The van der Waals surface area contributed by atoms with Crippen LogP contribution in [-0.4, -0.2) is 70.3 Å². The van der Waals surface area contributed by atoms with Gasteiger partial charge in [0.05, 0.1) is 6.10 Å². The third kappa shape index (κ3) is 3.41. The summed E-state index contributed by atoms with van der Waals surface area (Å²) in [5, 5.41) is 20.4. The van der Waals surface area contributed by atoms with E-state index in [0.717, 1.165) is 45.4 Å². The molecule has 0 unspecified atom stereocenters. The van der Waals surface area contributed by atoms with Crippen molar-refractivity contribution in [3.05, 3.63) is 0 Å². The van der Waals surface area contributed by atoms with Crippen LogP contribution in [0, 0.1) is 5.92 Å². The van der Waals surface area contributed by atoms with Gasteiger partial charge in [0.2, 0.25) is 0 Å². The van der Waals surface area contributed by atoms with Gasteiger partial charge in [-0.3, -0.25) is 9.69 Å². The SMILES string of the molecule is O=C1N(CC2CCC2)CCC[C@@]1(O)CN1CCC(O)CC1. The van der Waals surface area contributed by atoms with Gasteiger partial charge in [-0.25, -0.2) is 0 Å². The first kappa shape index (κ1) is 15.3. The molecule has 5 nitrogen and oxygen atoms in total. The average molecular weight is 296 g/mol. The minimum Gasteiger partial charge on any atom is -0.393 e. The molecule has 0 spiro atoms. The van der Waals surface area contributed by atoms with Crippen molar-refractivity contribution < 1.29 is 15.0 Å². The first-order valence-electron chi connectivity index (χ1n) is 8.49. The maximum atomic E-state index is 12.7. The lowest BCUT2D eigenvalue weighted by molar-refractivity contribution is -0.161. The highest BCUT2D eigenvalue weighted by atomic mass is 16.3. The highest BCUT2D eigenvalue weighted by Crippen LogP contribution is 2.31. The zero-order valence-corrected chi connectivity index (χ0v) is 12.8. The zero-order valence-electron chi connectivity index (χ0n) is 12.8. The van der Waals surface area contributed by atoms with Gasteiger partial charge in [-0.15, -0.1) is 0 Å². The Morgan fingerprint density at radius 3 is 2.43 bits per heavy atom. The number of likely N-dealkylation sites (tertiary alicyclic amines) is 2. The van der Waals surface area contributed by atoms with E-state index in [0.29, 0.717) is 18.9 Å². The van der Waals surface area contributed by atoms with Crippen LogP contribution in [-0.2, 0) is 4.79 Å². The number of aliphatic hydroxyl groups excluding tert-OH is 1. The highest BCUT2D eigenvalue weighted by Gasteiger charge is 2.44. The van der Waals surface area contributed by atoms with Gasteiger partial charge >= 0.3 is 0 Å². The maximum Gasteiger partial charge on any atom is 0.255 e. The third-order valence-electron chi connectivity index (χ3n) is 5.45. The van der Waals surface area contributed by atoms with Gasteiger partial charge < -0.3 is 15.1 Å². The molecule has 2 saturated heterocycles. The van der Waals surface area contributed by atoms with Crippen LogP contribution in [0.4, 0.5) is 0 Å². The van der Waals surface area contributed by atoms with Crippen molar-refractivity contribution >= 4 is 5.91 Å². The van der Waals surface area contributed by atoms with E-state index in [4.69, 9.17) is 0 Å². The zero-order chi connectivity index (χ0) is 14.9. The van der Waals surface area contributed by atoms with Crippen LogP contribution in [0.2, 0.25) is 0 Å². The molecule has 2 heterocycles. The minimum absolute atomic E-state index is 0.0632. The third-order valence-corrected chi connectivity index (χ3v) is 5.45. The molecule has 0 aromatic carbocycles. The molecule has 120 valence electrons. The topological polar surface area (TPSA) is 64.0 Å². The normalized spacial score (nSPS) is 33.2. The van der Waals surface area contributed by atoms with Crippen LogP contribution in [0.15, 0.2) is 0 Å². The Labute approximate surface area is 126 Å². The minimum atomic E-state index is -1.20. The van der Waals surface area contributed by atoms with Crippen LogP contribution >= 0.6 is 0 Å². The van der Waals surface area contributed by atoms with E-state index >= 15 is 0 Å². The largest absolute Gasteiger partial charge is 0.393 e. The lowest BCUT2D eigenvalue weighted by Gasteiger charge is -2.43. The smallest absolute Gasteiger partial charge is 0.255 e. The second-order valence-electron chi connectivity index (χ2n) is 7.19. The van der Waals surface area contributed by atoms with Crippen molar-refractivity contribution in [1.82, 2.24) is 9.80 Å². The molecule has 3 aliphatic rings. The Balaban J connectivity index is 1.57. The molecule has 1 saturated carbocycles. The van der Waals surface area contributed by atoms with E-state index in [-0.39, 0.29) is 12.0 Å². The van der Waals surface area contributed by atoms with Crippen LogP contribution in [0.1, 0.15) is 44.9 Å². The molecule has 2 aliphatic heterocycles. The standard InChI is InChI=1S/C16H28N2O3/c19-14-5-9-17(10-6-14)12-16(21)7-2-8-18(15(16)20)11-13-3-1-4-13/h13-14,19,21H,1-12H2/t16-/m1/s1. The van der Waals surface area contributed by atoms with E-state index in [2.05, 4.69) is 4.90 Å². The first-order valence-corrected chi connectivity index (χ1v) is 8.49. The van der Waals surface area contributed by atoms with Crippen LogP contribution < -0.4 is 0 Å². The summed E-state index contributed by atoms with van der Waals surface area (Å²) in [5.41, 5.74) is -1.20. The van der Waals surface area contributed by atoms with Crippen molar-refractivity contribution in [3.8, 4) is 0 Å². The van der Waals surface area contributed by atoms with Crippen LogP contribution in [0.25, 0.3) is 0 Å². The Kier molecular flexibility index (Phi) is 4.52. The Bertz CT molecular complexity index is 378. The predicted octanol–water partition coefficient (Wildman–Crippen LogP) is 0.597. The summed E-state index contributed by atoms with van der Waals surface area (Å²) in [7, 11) is 0. The van der Waals surface area contributed by atoms with E-state index in [1.807, 2.05) is 4.90 Å². The number of carbonyl (C=O) groups is 1. The van der Waals surface area contributed by atoms with E-state index < -0.39 is 5.60 Å². The molecule has 5 heteroatoms. The molecule has 3 fully saturated rings. The maximum absolute atomic E-state index is 12.7. The van der Waals surface area contributed by atoms with Gasteiger partial charge in [0.25, 0.3) is 5.91 Å². The quantitative estimate of drug-likeness (QED) is 0.797. The molecule has 0 radical (unpaired) electrons. The van der Waals surface area contributed by atoms with E-state index in [9.17, 15) is 15.0 Å². The first-order chi connectivity index (χ1) is 10.1. The molecular weight excluding hydrogens is 268 g/mol. The number of rotatable bonds is 4. The molecule has 0 aromatic heterocycles. The average Bonchev–Trinajstić information content (AvgIpc) is 2.41. The number of β-amino-alcohol motifs (C(OH)–C–C–N with tert-alkyl or cyclic N) is 1. The summed E-state index contributed by atoms with van der Waals surface area (Å²) in [6, 6.07) is 0. The molecule has 2 N–H and O–H groups in total. The Morgan fingerprint density at radius 1 is 1.10 bits per heavy atom. The summed E-state index contributed by atoms with van der Waals surface area (Å²) >= 11 is 0. The van der Waals surface area contributed by atoms with Gasteiger partial charge in [0.1, 0.15) is 0 Å². The lowest BCUT2D eigenvalue weighted by atomic mass is 9.83. The molecule has 1 aliphatic carbocycles. The van der Waals surface area contributed by atoms with Crippen molar-refractivity contribution in [3.63, 3.8) is 0 Å². The lowest BCUT2D eigenvalue weighted by Crippen LogP contribution is -2.60. The number of hydrogen-bond donors (Lipinski definition) is 2. The summed E-state index contributed by atoms with van der Waals surface area (Å²) in [6.07, 6.45) is 6.49. The molecule has 1 amide bonds. The van der Waals surface area contributed by atoms with Gasteiger partial charge in [-0.2, -0.15) is 0 Å². The molecule has 1 atom stereocenters. The van der Waals surface area contributed by atoms with Crippen molar-refractivity contribution in [2.24, 2.45) is 5.92 Å². The van der Waals surface area contributed by atoms with Gasteiger partial charge in [-0.05, 0) is 44.4 Å². The second-order valence-corrected chi connectivity index (χ2v) is 7.19. The van der Waals surface area contributed by atoms with Gasteiger partial charge in [0, 0.05) is 32.7 Å². The number of amides is 1. The molecule has 3 rings (SSSR count). The van der Waals surface area contributed by atoms with Crippen LogP contribution in [0.3, 0.4) is 0 Å². The number of nitrogens with zero attached hydrogens (tertiary/aromatic N) is 2. The Morgan fingerprint density at radius 2 is 1.81 bits per heavy atom. The summed E-state index contributed by atoms with van der Waals surface area (Å²) in [5.74, 6) is 0.591. The van der Waals surface area contributed by atoms with Crippen molar-refractivity contribution in [2.45, 2.75) is 56.7 Å². The monoisotopic (exact) mass is 296 g/mol. The number of aliphatic hydroxyl groups is 2. The molecule has 21 heavy (non-hydrogen) atoms. The molecule has 0 bridgehead atoms. The number of hydrogen-bond acceptors (Lipinski definition) is 4. The van der Waals surface area contributed by atoms with Crippen LogP contribution in [0.5, 0.6) is 0 Å². The fraction of sp³-hybridized carbons (Fsp3) is 0.938. The van der Waals surface area contributed by atoms with Crippen molar-refractivity contribution in [2.75, 3.05) is 32.7 Å². The van der Waals surface area contributed by atoms with Gasteiger partial charge in [0.15, 0.2) is 5.60 Å². The number of piperidine rings is 2. The predicted molar refractivity (Wildman–Crippen MR) is 79.8 cm³/mol. The molecule has 0 aromatic rings. The number of carbonyl (C=O) groups excluding carboxylic acids is 1. The molecular formula is C16H28N2O3. The summed E-state index contributed by atoms with van der Waals surface area (Å²) < 4.78 is 0. The fourth-order valence-corrected chi connectivity index (χ4v) is 3.82. The van der Waals surface area contributed by atoms with Crippen molar-refractivity contribution in [1.29, 1.82) is 0 Å². The van der Waals surface area contributed by atoms with E-state index in [1.165, 1.54) is 19.3 Å². The summed E-state index contributed by atoms with van der Waals surface area (Å²) in [6.45, 7) is 3.62. The fourth-order valence-electron chi connectivity index (χ4n) is 3.82. The Hall–Kier alpha value is -0.650. The summed E-state index contributed by atoms with van der Waals surface area (Å²) in [4.78, 5) is 16.7. The van der Waals surface area contributed by atoms with E-state index in [1.54, 1.807) is 0 Å². The highest BCUT2D eigenvalue weighted by molar-refractivity contribution is 5.86.